The summed E-state index contributed by atoms with van der Waals surface area (Å²) in [6, 6.07) is 8.83. The lowest BCUT2D eigenvalue weighted by molar-refractivity contribution is -0.116. The smallest absolute Gasteiger partial charge is 0.231 e. The first-order valence-corrected chi connectivity index (χ1v) is 6.76. The van der Waals surface area contributed by atoms with Crippen molar-refractivity contribution in [2.45, 2.75) is 12.8 Å². The molecule has 0 aromatic heterocycles. The van der Waals surface area contributed by atoms with E-state index in [2.05, 4.69) is 5.32 Å². The Hall–Kier alpha value is -2.63. The van der Waals surface area contributed by atoms with Gasteiger partial charge in [0.1, 0.15) is 17.3 Å². The summed E-state index contributed by atoms with van der Waals surface area (Å²) >= 11 is 0. The molecule has 114 valence electrons. The van der Waals surface area contributed by atoms with Gasteiger partial charge in [0, 0.05) is 6.42 Å². The number of hydrogen-bond acceptors (Lipinski definition) is 3. The van der Waals surface area contributed by atoms with E-state index in [1.54, 1.807) is 12.1 Å². The Morgan fingerprint density at radius 3 is 2.59 bits per heavy atom. The number of carbonyl (C=O) groups excluding carboxylic acids is 1. The Balaban J connectivity index is 1.65. The van der Waals surface area contributed by atoms with E-state index < -0.39 is 23.2 Å². The molecule has 2 aromatic carbocycles. The molecular weight excluding hydrogens is 292 g/mol. The molecule has 1 aliphatic rings. The van der Waals surface area contributed by atoms with Crippen LogP contribution < -0.4 is 14.8 Å². The van der Waals surface area contributed by atoms with E-state index >= 15 is 0 Å². The van der Waals surface area contributed by atoms with Crippen LogP contribution in [0.2, 0.25) is 0 Å². The number of aryl methyl sites for hydroxylation is 1. The molecule has 0 saturated heterocycles. The molecule has 1 aliphatic heterocycles. The predicted octanol–water partition coefficient (Wildman–Crippen LogP) is 3.26. The summed E-state index contributed by atoms with van der Waals surface area (Å²) in [5.41, 5.74) is 0.393. The number of ether oxygens (including phenoxy) is 2. The van der Waals surface area contributed by atoms with Crippen molar-refractivity contribution in [3.05, 3.63) is 53.6 Å². The SMILES string of the molecule is O=C(CCc1cccc2c1OCO2)Nc1c(F)cccc1F. The molecule has 22 heavy (non-hydrogen) atoms. The van der Waals surface area contributed by atoms with Gasteiger partial charge in [-0.25, -0.2) is 8.78 Å². The van der Waals surface area contributed by atoms with Crippen LogP contribution in [0.15, 0.2) is 36.4 Å². The lowest BCUT2D eigenvalue weighted by Crippen LogP contribution is -2.14. The van der Waals surface area contributed by atoms with Crippen molar-refractivity contribution in [3.8, 4) is 11.5 Å². The predicted molar refractivity (Wildman–Crippen MR) is 75.9 cm³/mol. The molecule has 1 heterocycles. The summed E-state index contributed by atoms with van der Waals surface area (Å²) < 4.78 is 37.5. The first-order valence-electron chi connectivity index (χ1n) is 6.76. The van der Waals surface area contributed by atoms with E-state index in [1.165, 1.54) is 6.07 Å². The fraction of sp³-hybridized carbons (Fsp3) is 0.188. The molecular formula is C16H13F2NO3. The first-order chi connectivity index (χ1) is 10.6. The zero-order chi connectivity index (χ0) is 15.5. The van der Waals surface area contributed by atoms with Gasteiger partial charge in [-0.3, -0.25) is 4.79 Å². The molecule has 3 rings (SSSR count). The maximum atomic E-state index is 13.5. The Labute approximate surface area is 125 Å². The third kappa shape index (κ3) is 2.86. The lowest BCUT2D eigenvalue weighted by Gasteiger charge is -2.08. The highest BCUT2D eigenvalue weighted by atomic mass is 19.1. The van der Waals surface area contributed by atoms with Crippen LogP contribution in [0.3, 0.4) is 0 Å². The average Bonchev–Trinajstić information content (AvgIpc) is 2.98. The molecule has 1 N–H and O–H groups in total. The van der Waals surface area contributed by atoms with Crippen LogP contribution in [0.4, 0.5) is 14.5 Å². The molecule has 0 saturated carbocycles. The second-order valence-corrected chi connectivity index (χ2v) is 4.80. The van der Waals surface area contributed by atoms with Gasteiger partial charge in [-0.15, -0.1) is 0 Å². The van der Waals surface area contributed by atoms with Gasteiger partial charge in [0.2, 0.25) is 12.7 Å². The molecule has 0 radical (unpaired) electrons. The highest BCUT2D eigenvalue weighted by molar-refractivity contribution is 5.91. The molecule has 0 unspecified atom stereocenters. The second kappa shape index (κ2) is 6.01. The summed E-state index contributed by atoms with van der Waals surface area (Å²) in [5, 5.41) is 2.26. The minimum absolute atomic E-state index is 0.0770. The normalized spacial score (nSPS) is 12.3. The number of nitrogens with one attached hydrogen (secondary N) is 1. The zero-order valence-electron chi connectivity index (χ0n) is 11.6. The second-order valence-electron chi connectivity index (χ2n) is 4.80. The Morgan fingerprint density at radius 1 is 1.09 bits per heavy atom. The van der Waals surface area contributed by atoms with Crippen molar-refractivity contribution in [2.24, 2.45) is 0 Å². The number of para-hydroxylation sites is 2. The van der Waals surface area contributed by atoms with Crippen molar-refractivity contribution in [1.29, 1.82) is 0 Å². The van der Waals surface area contributed by atoms with Gasteiger partial charge in [-0.2, -0.15) is 0 Å². The van der Waals surface area contributed by atoms with Gasteiger partial charge < -0.3 is 14.8 Å². The van der Waals surface area contributed by atoms with Gasteiger partial charge in [0.05, 0.1) is 0 Å². The Morgan fingerprint density at radius 2 is 1.82 bits per heavy atom. The third-order valence-corrected chi connectivity index (χ3v) is 3.33. The molecule has 0 aliphatic carbocycles. The largest absolute Gasteiger partial charge is 0.454 e. The third-order valence-electron chi connectivity index (χ3n) is 3.33. The molecule has 0 bridgehead atoms. The van der Waals surface area contributed by atoms with Crippen molar-refractivity contribution in [1.82, 2.24) is 0 Å². The number of rotatable bonds is 4. The minimum atomic E-state index is -0.800. The monoisotopic (exact) mass is 305 g/mol. The fourth-order valence-corrected chi connectivity index (χ4v) is 2.25. The number of benzene rings is 2. The van der Waals surface area contributed by atoms with Gasteiger partial charge in [-0.05, 0) is 30.2 Å². The summed E-state index contributed by atoms with van der Waals surface area (Å²) in [5.74, 6) is -0.817. The van der Waals surface area contributed by atoms with Crippen LogP contribution in [-0.2, 0) is 11.2 Å². The van der Waals surface area contributed by atoms with Gasteiger partial charge in [-0.1, -0.05) is 18.2 Å². The standard InChI is InChI=1S/C16H13F2NO3/c17-11-4-2-5-12(18)15(11)19-14(20)8-7-10-3-1-6-13-16(10)22-9-21-13/h1-6H,7-9H2,(H,19,20). The first kappa shape index (κ1) is 14.3. The van der Waals surface area contributed by atoms with Crippen LogP contribution in [0, 0.1) is 11.6 Å². The van der Waals surface area contributed by atoms with Crippen molar-refractivity contribution < 1.29 is 23.0 Å². The van der Waals surface area contributed by atoms with E-state index in [9.17, 15) is 13.6 Å². The molecule has 6 heteroatoms. The number of fused-ring (bicyclic) bond motifs is 1. The number of halogens is 2. The van der Waals surface area contributed by atoms with Crippen LogP contribution >= 0.6 is 0 Å². The molecule has 0 fully saturated rings. The number of anilines is 1. The van der Waals surface area contributed by atoms with E-state index in [4.69, 9.17) is 9.47 Å². The summed E-state index contributed by atoms with van der Waals surface area (Å²) in [6.45, 7) is 0.152. The van der Waals surface area contributed by atoms with E-state index in [0.29, 0.717) is 17.9 Å². The number of carbonyl (C=O) groups is 1. The van der Waals surface area contributed by atoms with Crippen molar-refractivity contribution >= 4 is 11.6 Å². The quantitative estimate of drug-likeness (QED) is 0.943. The van der Waals surface area contributed by atoms with E-state index in [0.717, 1.165) is 17.7 Å². The molecule has 0 spiro atoms. The minimum Gasteiger partial charge on any atom is -0.454 e. The molecule has 0 atom stereocenters. The highest BCUT2D eigenvalue weighted by Gasteiger charge is 2.18. The Bertz CT molecular complexity index is 698. The average molecular weight is 305 g/mol. The summed E-state index contributed by atoms with van der Waals surface area (Å²) in [7, 11) is 0. The zero-order valence-corrected chi connectivity index (χ0v) is 11.6. The van der Waals surface area contributed by atoms with E-state index in [-0.39, 0.29) is 13.2 Å². The highest BCUT2D eigenvalue weighted by Crippen LogP contribution is 2.35. The van der Waals surface area contributed by atoms with Gasteiger partial charge in [0.15, 0.2) is 11.5 Å². The molecule has 4 nitrogen and oxygen atoms in total. The summed E-state index contributed by atoms with van der Waals surface area (Å²) in [4.78, 5) is 11.9. The Kier molecular flexibility index (Phi) is 3.91. The number of hydrogen-bond donors (Lipinski definition) is 1. The van der Waals surface area contributed by atoms with Crippen LogP contribution in [0.25, 0.3) is 0 Å². The van der Waals surface area contributed by atoms with Crippen molar-refractivity contribution in [2.75, 3.05) is 12.1 Å². The van der Waals surface area contributed by atoms with Gasteiger partial charge >= 0.3 is 0 Å². The fourth-order valence-electron chi connectivity index (χ4n) is 2.25. The molecule has 1 amide bonds. The van der Waals surface area contributed by atoms with Gasteiger partial charge in [0.25, 0.3) is 0 Å². The van der Waals surface area contributed by atoms with Crippen LogP contribution in [0.5, 0.6) is 11.5 Å². The molecule has 2 aromatic rings. The maximum absolute atomic E-state index is 13.5. The van der Waals surface area contributed by atoms with Crippen molar-refractivity contribution in [3.63, 3.8) is 0 Å². The van der Waals surface area contributed by atoms with Crippen LogP contribution in [0.1, 0.15) is 12.0 Å². The maximum Gasteiger partial charge on any atom is 0.231 e. The van der Waals surface area contributed by atoms with Crippen LogP contribution in [-0.4, -0.2) is 12.7 Å². The summed E-state index contributed by atoms with van der Waals surface area (Å²) in [6.07, 6.45) is 0.460. The number of amides is 1. The lowest BCUT2D eigenvalue weighted by atomic mass is 10.1. The topological polar surface area (TPSA) is 47.6 Å². The van der Waals surface area contributed by atoms with E-state index in [1.807, 2.05) is 6.07 Å².